The van der Waals surface area contributed by atoms with Crippen LogP contribution in [0, 0.1) is 11.8 Å². The van der Waals surface area contributed by atoms with Gasteiger partial charge in [-0.3, -0.25) is 14.4 Å². The van der Waals surface area contributed by atoms with Crippen LogP contribution in [0.1, 0.15) is 39.5 Å². The van der Waals surface area contributed by atoms with Crippen molar-refractivity contribution in [2.24, 2.45) is 11.8 Å². The summed E-state index contributed by atoms with van der Waals surface area (Å²) in [6.45, 7) is 3.67. The van der Waals surface area contributed by atoms with E-state index in [0.29, 0.717) is 16.3 Å². The molecule has 12 heteroatoms. The number of sulfonamides is 1. The minimum Gasteiger partial charge on any atom is -0.504 e. The van der Waals surface area contributed by atoms with E-state index in [1.807, 2.05) is 6.92 Å². The van der Waals surface area contributed by atoms with Crippen molar-refractivity contribution in [2.45, 2.75) is 56.6 Å². The van der Waals surface area contributed by atoms with E-state index in [2.05, 4.69) is 17.6 Å². The van der Waals surface area contributed by atoms with E-state index in [9.17, 15) is 28.2 Å². The van der Waals surface area contributed by atoms with Gasteiger partial charge in [0.2, 0.25) is 0 Å². The topological polar surface area (TPSA) is 145 Å². The molecule has 1 saturated heterocycles. The lowest BCUT2D eigenvalue weighted by Crippen LogP contribution is -2.40. The first-order valence-corrected chi connectivity index (χ1v) is 13.1. The number of rotatable bonds is 8. The second kappa shape index (κ2) is 9.46. The molecule has 2 aliphatic rings. The standard InChI is InChI=1S/C22H28ClN3O7S/c1-3-15(12-5-4-11(2)8-12)24-17-18(21(30)20(17)29)25-16-7-6-14(23)22(19(16)28)34(31,32)26-9-13(27)10-33-26/h6-7,11-13,15,24-25,27-28H,3-5,8-10H2,1-2H3/t11-,12+,13-,15-/m1/s1. The van der Waals surface area contributed by atoms with Gasteiger partial charge in [-0.05, 0) is 43.2 Å². The highest BCUT2D eigenvalue weighted by Crippen LogP contribution is 2.41. The molecule has 4 atom stereocenters. The zero-order valence-electron chi connectivity index (χ0n) is 18.9. The average molecular weight is 514 g/mol. The second-order valence-electron chi connectivity index (χ2n) is 9.08. The van der Waals surface area contributed by atoms with Crippen molar-refractivity contribution in [1.82, 2.24) is 4.47 Å². The van der Waals surface area contributed by atoms with E-state index in [-0.39, 0.29) is 41.3 Å². The number of phenols is 1. The van der Waals surface area contributed by atoms with Gasteiger partial charge in [-0.25, -0.2) is 8.42 Å². The molecule has 34 heavy (non-hydrogen) atoms. The Morgan fingerprint density at radius 1 is 1.24 bits per heavy atom. The molecule has 0 radical (unpaired) electrons. The van der Waals surface area contributed by atoms with Crippen molar-refractivity contribution in [3.8, 4) is 5.75 Å². The number of nitrogens with one attached hydrogen (secondary N) is 2. The number of β-amino-alcohol motifs (C(OH)–C–C–N with tert-alkyl or cyclic N) is 1. The maximum atomic E-state index is 13.0. The van der Waals surface area contributed by atoms with Crippen LogP contribution in [-0.4, -0.2) is 48.4 Å². The van der Waals surface area contributed by atoms with Gasteiger partial charge in [0.05, 0.1) is 30.0 Å². The third kappa shape index (κ3) is 4.42. The summed E-state index contributed by atoms with van der Waals surface area (Å²) in [6.07, 6.45) is 2.95. The highest BCUT2D eigenvalue weighted by Gasteiger charge is 2.38. The van der Waals surface area contributed by atoms with E-state index in [4.69, 9.17) is 16.4 Å². The third-order valence-corrected chi connectivity index (χ3v) is 8.77. The molecule has 0 amide bonds. The fourth-order valence-corrected chi connectivity index (χ4v) is 6.63. The highest BCUT2D eigenvalue weighted by molar-refractivity contribution is 7.89. The summed E-state index contributed by atoms with van der Waals surface area (Å²) >= 11 is 6.08. The number of aliphatic hydroxyl groups is 1. The Balaban J connectivity index is 1.62. The maximum Gasteiger partial charge on any atom is 0.270 e. The van der Waals surface area contributed by atoms with Gasteiger partial charge in [-0.2, -0.15) is 0 Å². The lowest BCUT2D eigenvalue weighted by molar-refractivity contribution is -0.0317. The Kier molecular flexibility index (Phi) is 6.94. The van der Waals surface area contributed by atoms with Gasteiger partial charge >= 0.3 is 0 Å². The average Bonchev–Trinajstić information content (AvgIpc) is 3.43. The predicted molar refractivity (Wildman–Crippen MR) is 128 cm³/mol. The Labute approximate surface area is 202 Å². The molecule has 4 N–H and O–H groups in total. The first-order valence-electron chi connectivity index (χ1n) is 11.3. The zero-order chi connectivity index (χ0) is 24.8. The molecule has 2 fully saturated rings. The van der Waals surface area contributed by atoms with Gasteiger partial charge < -0.3 is 20.8 Å². The van der Waals surface area contributed by atoms with E-state index < -0.39 is 37.6 Å². The Morgan fingerprint density at radius 2 is 1.94 bits per heavy atom. The summed E-state index contributed by atoms with van der Waals surface area (Å²) in [5.41, 5.74) is -1.44. The molecule has 4 rings (SSSR count). The maximum absolute atomic E-state index is 13.0. The van der Waals surface area contributed by atoms with Crippen LogP contribution in [-0.2, 0) is 14.9 Å². The smallest absolute Gasteiger partial charge is 0.270 e. The number of aromatic hydroxyl groups is 1. The molecule has 10 nitrogen and oxygen atoms in total. The van der Waals surface area contributed by atoms with E-state index in [1.165, 1.54) is 12.1 Å². The van der Waals surface area contributed by atoms with Gasteiger partial charge in [0.25, 0.3) is 20.9 Å². The lowest BCUT2D eigenvalue weighted by Gasteiger charge is -2.27. The number of phenolic OH excluding ortho intramolecular Hbond substituents is 1. The van der Waals surface area contributed by atoms with Crippen LogP contribution >= 0.6 is 11.6 Å². The number of hydrogen-bond donors (Lipinski definition) is 4. The largest absolute Gasteiger partial charge is 0.504 e. The normalized spacial score (nSPS) is 24.5. The summed E-state index contributed by atoms with van der Waals surface area (Å²) < 4.78 is 26.5. The van der Waals surface area contributed by atoms with Crippen molar-refractivity contribution in [1.29, 1.82) is 0 Å². The molecule has 1 aliphatic heterocycles. The van der Waals surface area contributed by atoms with Gasteiger partial charge in [0.15, 0.2) is 5.75 Å². The van der Waals surface area contributed by atoms with Crippen LogP contribution in [0.5, 0.6) is 5.75 Å². The molecule has 2 aromatic rings. The van der Waals surface area contributed by atoms with Gasteiger partial charge in [0, 0.05) is 6.04 Å². The summed E-state index contributed by atoms with van der Waals surface area (Å²) in [5, 5.41) is 26.0. The monoisotopic (exact) mass is 513 g/mol. The van der Waals surface area contributed by atoms with Gasteiger partial charge in [-0.15, -0.1) is 0 Å². The molecule has 2 aromatic carbocycles. The predicted octanol–water partition coefficient (Wildman–Crippen LogP) is 2.31. The molecular formula is C22H28ClN3O7S. The SMILES string of the molecule is CC[C@@H](Nc1c(Nc2ccc(Cl)c(S(=O)(=O)N3C[C@@H](O)CO3)c2O)c(=O)c1=O)[C@H]1CC[C@@H](C)C1. The summed E-state index contributed by atoms with van der Waals surface area (Å²) in [6, 6.07) is 2.57. The minimum atomic E-state index is -4.41. The van der Waals surface area contributed by atoms with Crippen molar-refractivity contribution in [2.75, 3.05) is 23.8 Å². The van der Waals surface area contributed by atoms with E-state index in [1.54, 1.807) is 0 Å². The first-order chi connectivity index (χ1) is 16.0. The molecule has 0 spiro atoms. The fourth-order valence-electron chi connectivity index (χ4n) is 4.75. The number of benzene rings is 1. The highest BCUT2D eigenvalue weighted by atomic mass is 35.5. The summed E-state index contributed by atoms with van der Waals surface area (Å²) in [5.74, 6) is 0.264. The Morgan fingerprint density at radius 3 is 2.53 bits per heavy atom. The van der Waals surface area contributed by atoms with Crippen LogP contribution < -0.4 is 21.5 Å². The van der Waals surface area contributed by atoms with Gasteiger partial charge in [-0.1, -0.05) is 36.3 Å². The van der Waals surface area contributed by atoms with Crippen molar-refractivity contribution >= 4 is 38.7 Å². The third-order valence-electron chi connectivity index (χ3n) is 6.62. The molecular weight excluding hydrogens is 486 g/mol. The van der Waals surface area contributed by atoms with Crippen LogP contribution in [0.15, 0.2) is 26.6 Å². The number of hydrogen-bond acceptors (Lipinski definition) is 9. The first kappa shape index (κ1) is 24.9. The van der Waals surface area contributed by atoms with Crippen LogP contribution in [0.4, 0.5) is 17.1 Å². The number of hydroxylamine groups is 1. The fraction of sp³-hybridized carbons (Fsp3) is 0.545. The van der Waals surface area contributed by atoms with Crippen molar-refractivity contribution in [3.63, 3.8) is 0 Å². The van der Waals surface area contributed by atoms with Crippen LogP contribution in [0.2, 0.25) is 5.02 Å². The number of nitrogens with zero attached hydrogens (tertiary/aromatic N) is 1. The molecule has 0 unspecified atom stereocenters. The van der Waals surface area contributed by atoms with Crippen LogP contribution in [0.3, 0.4) is 0 Å². The Bertz CT molecular complexity index is 1260. The number of aliphatic hydroxyl groups excluding tert-OH is 1. The van der Waals surface area contributed by atoms with E-state index in [0.717, 1.165) is 25.7 Å². The van der Waals surface area contributed by atoms with Crippen molar-refractivity contribution < 1.29 is 23.5 Å². The zero-order valence-corrected chi connectivity index (χ0v) is 20.4. The van der Waals surface area contributed by atoms with Crippen LogP contribution in [0.25, 0.3) is 0 Å². The van der Waals surface area contributed by atoms with Crippen molar-refractivity contribution in [3.05, 3.63) is 37.6 Å². The van der Waals surface area contributed by atoms with E-state index >= 15 is 0 Å². The summed E-state index contributed by atoms with van der Waals surface area (Å²) in [4.78, 5) is 29.0. The molecule has 1 heterocycles. The molecule has 1 aliphatic carbocycles. The number of anilines is 3. The number of halogens is 1. The molecule has 0 aromatic heterocycles. The second-order valence-corrected chi connectivity index (χ2v) is 11.3. The molecule has 1 saturated carbocycles. The minimum absolute atomic E-state index is 0.0160. The molecule has 0 bridgehead atoms. The summed E-state index contributed by atoms with van der Waals surface area (Å²) in [7, 11) is -4.41. The molecule has 186 valence electrons. The quantitative estimate of drug-likeness (QED) is 0.308. The Hall–Kier alpha value is -2.18. The van der Waals surface area contributed by atoms with Gasteiger partial charge in [0.1, 0.15) is 16.3 Å². The lowest BCUT2D eigenvalue weighted by atomic mass is 9.94.